The van der Waals surface area contributed by atoms with E-state index in [0.29, 0.717) is 17.8 Å². The highest BCUT2D eigenvalue weighted by molar-refractivity contribution is 7.89. The van der Waals surface area contributed by atoms with Crippen molar-refractivity contribution in [2.45, 2.75) is 18.7 Å². The fourth-order valence-corrected chi connectivity index (χ4v) is 3.12. The second kappa shape index (κ2) is 6.15. The molecule has 0 aliphatic heterocycles. The van der Waals surface area contributed by atoms with E-state index in [1.54, 1.807) is 37.3 Å². The van der Waals surface area contributed by atoms with Crippen LogP contribution in [-0.2, 0) is 10.0 Å². The Morgan fingerprint density at radius 2 is 2.00 bits per heavy atom. The van der Waals surface area contributed by atoms with Crippen molar-refractivity contribution in [3.05, 3.63) is 47.7 Å². The number of aryl methyl sites for hydroxylation is 1. The van der Waals surface area contributed by atoms with Crippen LogP contribution in [0.25, 0.3) is 11.3 Å². The Morgan fingerprint density at radius 3 is 2.52 bits per heavy atom. The number of sulfonamides is 1. The number of pyridine rings is 1. The summed E-state index contributed by atoms with van der Waals surface area (Å²) in [5, 5.41) is 0. The summed E-state index contributed by atoms with van der Waals surface area (Å²) in [7, 11) is -3.46. The summed E-state index contributed by atoms with van der Waals surface area (Å²) in [6.45, 7) is 3.91. The molecule has 2 rings (SSSR count). The van der Waals surface area contributed by atoms with Crippen LogP contribution in [0.15, 0.2) is 41.4 Å². The number of nitrogens with one attached hydrogen (secondary N) is 1. The van der Waals surface area contributed by atoms with Gasteiger partial charge in [0.05, 0.1) is 10.6 Å². The molecule has 110 valence electrons. The zero-order valence-corrected chi connectivity index (χ0v) is 12.6. The molecule has 0 saturated heterocycles. The van der Waals surface area contributed by atoms with E-state index in [1.165, 1.54) is 6.20 Å². The summed E-state index contributed by atoms with van der Waals surface area (Å²) in [4.78, 5) is 15.1. The number of carbonyl (C=O) groups excluding carboxylic acids is 1. The van der Waals surface area contributed by atoms with Crippen molar-refractivity contribution in [2.75, 3.05) is 6.54 Å². The van der Waals surface area contributed by atoms with Crippen molar-refractivity contribution in [1.29, 1.82) is 0 Å². The molecule has 5 nitrogen and oxygen atoms in total. The molecule has 0 aliphatic carbocycles. The molecule has 1 aromatic heterocycles. The Labute approximate surface area is 124 Å². The predicted molar refractivity (Wildman–Crippen MR) is 80.7 cm³/mol. The Bertz CT molecular complexity index is 753. The van der Waals surface area contributed by atoms with Gasteiger partial charge in [0, 0.05) is 23.9 Å². The van der Waals surface area contributed by atoms with Gasteiger partial charge in [-0.1, -0.05) is 13.0 Å². The van der Waals surface area contributed by atoms with Crippen LogP contribution in [0.4, 0.5) is 0 Å². The number of benzene rings is 1. The highest BCUT2D eigenvalue weighted by Gasteiger charge is 2.14. The van der Waals surface area contributed by atoms with E-state index >= 15 is 0 Å². The summed E-state index contributed by atoms with van der Waals surface area (Å²) in [5.41, 5.74) is 2.84. The first-order valence-corrected chi connectivity index (χ1v) is 7.98. The highest BCUT2D eigenvalue weighted by Crippen LogP contribution is 2.24. The first-order chi connectivity index (χ1) is 9.97. The average molecular weight is 304 g/mol. The number of aromatic nitrogens is 1. The Morgan fingerprint density at radius 1 is 1.24 bits per heavy atom. The number of carbonyl (C=O) groups is 1. The third-order valence-electron chi connectivity index (χ3n) is 3.04. The molecule has 1 aromatic carbocycles. The van der Waals surface area contributed by atoms with Crippen LogP contribution in [0.5, 0.6) is 0 Å². The monoisotopic (exact) mass is 304 g/mol. The molecule has 0 saturated carbocycles. The van der Waals surface area contributed by atoms with Crippen LogP contribution in [0.1, 0.15) is 22.8 Å². The van der Waals surface area contributed by atoms with Gasteiger partial charge >= 0.3 is 0 Å². The number of nitrogens with zero attached hydrogens (tertiary/aromatic N) is 1. The molecule has 0 aliphatic rings. The Balaban J connectivity index is 2.41. The van der Waals surface area contributed by atoms with Crippen molar-refractivity contribution in [2.24, 2.45) is 0 Å². The number of aldehydes is 1. The van der Waals surface area contributed by atoms with Crippen LogP contribution in [0.2, 0.25) is 0 Å². The molecule has 6 heteroatoms. The second-order valence-electron chi connectivity index (χ2n) is 4.57. The standard InChI is InChI=1S/C15H16N2O3S/c1-3-17-21(19,20)13-5-6-14(11(2)8-13)15-7-4-12(10-18)9-16-15/h4-10,17H,3H2,1-2H3. The van der Waals surface area contributed by atoms with Gasteiger partial charge in [0.25, 0.3) is 0 Å². The molecular formula is C15H16N2O3S. The van der Waals surface area contributed by atoms with E-state index in [0.717, 1.165) is 17.4 Å². The smallest absolute Gasteiger partial charge is 0.240 e. The van der Waals surface area contributed by atoms with E-state index in [-0.39, 0.29) is 4.90 Å². The van der Waals surface area contributed by atoms with Gasteiger partial charge in [0.2, 0.25) is 10.0 Å². The Kier molecular flexibility index (Phi) is 4.50. The minimum absolute atomic E-state index is 0.232. The zero-order valence-electron chi connectivity index (χ0n) is 11.8. The van der Waals surface area contributed by atoms with E-state index in [2.05, 4.69) is 9.71 Å². The molecule has 0 radical (unpaired) electrons. The molecular weight excluding hydrogens is 288 g/mol. The molecule has 0 amide bonds. The number of hydrogen-bond donors (Lipinski definition) is 1. The first kappa shape index (κ1) is 15.3. The summed E-state index contributed by atoms with van der Waals surface area (Å²) < 4.78 is 26.4. The fraction of sp³-hybridized carbons (Fsp3) is 0.200. The third kappa shape index (κ3) is 3.34. The summed E-state index contributed by atoms with van der Waals surface area (Å²) in [5.74, 6) is 0. The van der Waals surface area contributed by atoms with Gasteiger partial charge in [0.15, 0.2) is 6.29 Å². The van der Waals surface area contributed by atoms with E-state index < -0.39 is 10.0 Å². The Hall–Kier alpha value is -2.05. The molecule has 0 bridgehead atoms. The van der Waals surface area contributed by atoms with Gasteiger partial charge in [-0.25, -0.2) is 13.1 Å². The lowest BCUT2D eigenvalue weighted by Gasteiger charge is -2.09. The lowest BCUT2D eigenvalue weighted by molar-refractivity contribution is 0.112. The van der Waals surface area contributed by atoms with Crippen molar-refractivity contribution >= 4 is 16.3 Å². The molecule has 2 aromatic rings. The minimum Gasteiger partial charge on any atom is -0.298 e. The quantitative estimate of drug-likeness (QED) is 0.859. The average Bonchev–Trinajstić information content (AvgIpc) is 2.47. The largest absolute Gasteiger partial charge is 0.298 e. The van der Waals surface area contributed by atoms with Gasteiger partial charge < -0.3 is 0 Å². The van der Waals surface area contributed by atoms with Gasteiger partial charge in [-0.3, -0.25) is 9.78 Å². The van der Waals surface area contributed by atoms with E-state index in [1.807, 2.05) is 6.92 Å². The summed E-state index contributed by atoms with van der Waals surface area (Å²) in [6, 6.07) is 8.31. The maximum Gasteiger partial charge on any atom is 0.240 e. The van der Waals surface area contributed by atoms with Crippen LogP contribution in [0, 0.1) is 6.92 Å². The molecule has 0 unspecified atom stereocenters. The maximum atomic E-state index is 12.0. The van der Waals surface area contributed by atoms with Gasteiger partial charge in [-0.05, 0) is 36.8 Å². The van der Waals surface area contributed by atoms with Gasteiger partial charge in [-0.2, -0.15) is 0 Å². The molecule has 0 atom stereocenters. The normalized spacial score (nSPS) is 11.3. The van der Waals surface area contributed by atoms with Crippen molar-refractivity contribution in [1.82, 2.24) is 9.71 Å². The molecule has 0 spiro atoms. The second-order valence-corrected chi connectivity index (χ2v) is 6.34. The van der Waals surface area contributed by atoms with Crippen LogP contribution < -0.4 is 4.72 Å². The summed E-state index contributed by atoms with van der Waals surface area (Å²) >= 11 is 0. The first-order valence-electron chi connectivity index (χ1n) is 6.50. The number of hydrogen-bond acceptors (Lipinski definition) is 4. The fourth-order valence-electron chi connectivity index (χ4n) is 2.00. The van der Waals surface area contributed by atoms with E-state index in [9.17, 15) is 13.2 Å². The summed E-state index contributed by atoms with van der Waals surface area (Å²) in [6.07, 6.45) is 2.22. The molecule has 0 fully saturated rings. The van der Waals surface area contributed by atoms with Crippen molar-refractivity contribution in [3.63, 3.8) is 0 Å². The molecule has 21 heavy (non-hydrogen) atoms. The minimum atomic E-state index is -3.46. The van der Waals surface area contributed by atoms with E-state index in [4.69, 9.17) is 0 Å². The lowest BCUT2D eigenvalue weighted by atomic mass is 10.1. The SMILES string of the molecule is CCNS(=O)(=O)c1ccc(-c2ccc(C=O)cn2)c(C)c1. The molecule has 1 heterocycles. The maximum absolute atomic E-state index is 12.0. The zero-order chi connectivity index (χ0) is 15.5. The molecule has 1 N–H and O–H groups in total. The van der Waals surface area contributed by atoms with Crippen molar-refractivity contribution < 1.29 is 13.2 Å². The lowest BCUT2D eigenvalue weighted by Crippen LogP contribution is -2.23. The van der Waals surface area contributed by atoms with Gasteiger partial charge in [0.1, 0.15) is 0 Å². The highest BCUT2D eigenvalue weighted by atomic mass is 32.2. The van der Waals surface area contributed by atoms with Crippen molar-refractivity contribution in [3.8, 4) is 11.3 Å². The third-order valence-corrected chi connectivity index (χ3v) is 4.58. The topological polar surface area (TPSA) is 76.1 Å². The van der Waals surface area contributed by atoms with Crippen LogP contribution >= 0.6 is 0 Å². The van der Waals surface area contributed by atoms with Gasteiger partial charge in [-0.15, -0.1) is 0 Å². The number of rotatable bonds is 5. The predicted octanol–water partition coefficient (Wildman–Crippen LogP) is 2.17. The van der Waals surface area contributed by atoms with Crippen LogP contribution in [0.3, 0.4) is 0 Å². The van der Waals surface area contributed by atoms with Crippen LogP contribution in [-0.4, -0.2) is 26.2 Å².